The lowest BCUT2D eigenvalue weighted by Crippen LogP contribution is -2.13. The zero-order valence-electron chi connectivity index (χ0n) is 12.9. The van der Waals surface area contributed by atoms with Gasteiger partial charge in [-0.25, -0.2) is 0 Å². The maximum atomic E-state index is 6.03. The number of hydrogen-bond acceptors (Lipinski definition) is 2. The summed E-state index contributed by atoms with van der Waals surface area (Å²) in [5, 5.41) is 3.40. The fourth-order valence-corrected chi connectivity index (χ4v) is 2.59. The van der Waals surface area contributed by atoms with E-state index in [0.29, 0.717) is 0 Å². The Kier molecular flexibility index (Phi) is 5.83. The van der Waals surface area contributed by atoms with Gasteiger partial charge in [-0.1, -0.05) is 25.1 Å². The molecule has 0 saturated heterocycles. The van der Waals surface area contributed by atoms with E-state index in [0.717, 1.165) is 41.0 Å². The zero-order valence-corrected chi connectivity index (χ0v) is 14.5. The molecule has 0 unspecified atom stereocenters. The average Bonchev–Trinajstić information content (AvgIpc) is 2.46. The number of halogens is 1. The van der Waals surface area contributed by atoms with Gasteiger partial charge in [0.2, 0.25) is 0 Å². The molecule has 1 N–H and O–H groups in total. The summed E-state index contributed by atoms with van der Waals surface area (Å²) >= 11 is 3.60. The molecule has 2 nitrogen and oxygen atoms in total. The molecular weight excluding hydrogens is 326 g/mol. The Labute approximate surface area is 135 Å². The highest BCUT2D eigenvalue weighted by molar-refractivity contribution is 9.10. The third-order valence-corrected chi connectivity index (χ3v) is 3.94. The van der Waals surface area contributed by atoms with Crippen molar-refractivity contribution in [1.29, 1.82) is 0 Å². The van der Waals surface area contributed by atoms with Crippen molar-refractivity contribution < 1.29 is 4.74 Å². The second-order valence-corrected chi connectivity index (χ2v) is 6.17. The van der Waals surface area contributed by atoms with Crippen LogP contribution in [0, 0.1) is 13.8 Å². The molecule has 0 heterocycles. The largest absolute Gasteiger partial charge is 0.456 e. The van der Waals surface area contributed by atoms with Crippen molar-refractivity contribution in [2.24, 2.45) is 0 Å². The van der Waals surface area contributed by atoms with Crippen LogP contribution in [0.4, 0.5) is 0 Å². The summed E-state index contributed by atoms with van der Waals surface area (Å²) in [7, 11) is 0. The van der Waals surface area contributed by atoms with Gasteiger partial charge in [0, 0.05) is 6.54 Å². The number of ether oxygens (including phenoxy) is 1. The van der Waals surface area contributed by atoms with Crippen molar-refractivity contribution >= 4 is 15.9 Å². The maximum absolute atomic E-state index is 6.03. The summed E-state index contributed by atoms with van der Waals surface area (Å²) in [6.07, 6.45) is 1.15. The number of rotatable bonds is 6. The predicted octanol–water partition coefficient (Wildman–Crippen LogP) is 5.36. The second kappa shape index (κ2) is 7.62. The van der Waals surface area contributed by atoms with Gasteiger partial charge in [0.05, 0.1) is 4.47 Å². The van der Waals surface area contributed by atoms with Gasteiger partial charge in [-0.2, -0.15) is 0 Å². The monoisotopic (exact) mass is 347 g/mol. The van der Waals surface area contributed by atoms with Crippen molar-refractivity contribution in [3.05, 3.63) is 57.6 Å². The van der Waals surface area contributed by atoms with E-state index in [1.165, 1.54) is 11.1 Å². The minimum Gasteiger partial charge on any atom is -0.456 e. The van der Waals surface area contributed by atoms with Gasteiger partial charge in [0.1, 0.15) is 11.5 Å². The molecule has 0 bridgehead atoms. The molecule has 0 atom stereocenters. The quantitative estimate of drug-likeness (QED) is 0.710. The lowest BCUT2D eigenvalue weighted by Gasteiger charge is -2.12. The zero-order chi connectivity index (χ0) is 15.2. The van der Waals surface area contributed by atoms with Gasteiger partial charge in [0.15, 0.2) is 0 Å². The number of hydrogen-bond donors (Lipinski definition) is 1. The first-order valence-electron chi connectivity index (χ1n) is 7.34. The topological polar surface area (TPSA) is 21.3 Å². The summed E-state index contributed by atoms with van der Waals surface area (Å²) < 4.78 is 7.02. The SMILES string of the molecule is CCCNCc1ccc(Oc2cc(C)ccc2C)c(Br)c1. The fourth-order valence-electron chi connectivity index (χ4n) is 2.08. The van der Waals surface area contributed by atoms with Gasteiger partial charge in [-0.3, -0.25) is 0 Å². The van der Waals surface area contributed by atoms with Gasteiger partial charge in [-0.05, 0) is 77.6 Å². The highest BCUT2D eigenvalue weighted by Crippen LogP contribution is 2.32. The Morgan fingerprint density at radius 3 is 2.57 bits per heavy atom. The first kappa shape index (κ1) is 16.1. The maximum Gasteiger partial charge on any atom is 0.141 e. The summed E-state index contributed by atoms with van der Waals surface area (Å²) in [5.74, 6) is 1.76. The molecular formula is C18H22BrNO. The van der Waals surface area contributed by atoms with E-state index in [1.807, 2.05) is 6.07 Å². The van der Waals surface area contributed by atoms with E-state index in [4.69, 9.17) is 4.74 Å². The van der Waals surface area contributed by atoms with Crippen LogP contribution in [-0.2, 0) is 6.54 Å². The lowest BCUT2D eigenvalue weighted by atomic mass is 10.1. The summed E-state index contributed by atoms with van der Waals surface area (Å²) in [6.45, 7) is 8.23. The van der Waals surface area contributed by atoms with Gasteiger partial charge >= 0.3 is 0 Å². The van der Waals surface area contributed by atoms with Crippen molar-refractivity contribution in [2.45, 2.75) is 33.7 Å². The van der Waals surface area contributed by atoms with Crippen molar-refractivity contribution in [3.8, 4) is 11.5 Å². The van der Waals surface area contributed by atoms with Crippen molar-refractivity contribution in [3.63, 3.8) is 0 Å². The molecule has 2 aromatic rings. The molecule has 0 aromatic heterocycles. The van der Waals surface area contributed by atoms with Gasteiger partial charge in [-0.15, -0.1) is 0 Å². The Hall–Kier alpha value is -1.32. The molecule has 0 saturated carbocycles. The molecule has 3 heteroatoms. The van der Waals surface area contributed by atoms with Crippen LogP contribution in [0.3, 0.4) is 0 Å². The van der Waals surface area contributed by atoms with E-state index >= 15 is 0 Å². The smallest absolute Gasteiger partial charge is 0.141 e. The van der Waals surface area contributed by atoms with Crippen molar-refractivity contribution in [1.82, 2.24) is 5.32 Å². The van der Waals surface area contributed by atoms with Crippen LogP contribution in [0.15, 0.2) is 40.9 Å². The molecule has 2 rings (SSSR count). The minimum atomic E-state index is 0.850. The Balaban J connectivity index is 2.12. The molecule has 0 spiro atoms. The molecule has 0 radical (unpaired) electrons. The first-order chi connectivity index (χ1) is 10.1. The highest BCUT2D eigenvalue weighted by atomic mass is 79.9. The van der Waals surface area contributed by atoms with E-state index in [9.17, 15) is 0 Å². The van der Waals surface area contributed by atoms with Crippen molar-refractivity contribution in [2.75, 3.05) is 6.54 Å². The van der Waals surface area contributed by atoms with Crippen LogP contribution in [0.25, 0.3) is 0 Å². The standard InChI is InChI=1S/C18H22BrNO/c1-4-9-20-12-15-7-8-17(16(19)11-15)21-18-10-13(2)5-6-14(18)3/h5-8,10-11,20H,4,9,12H2,1-3H3. The Morgan fingerprint density at radius 2 is 1.86 bits per heavy atom. The molecule has 0 fully saturated rings. The van der Waals surface area contributed by atoms with E-state index in [-0.39, 0.29) is 0 Å². The minimum absolute atomic E-state index is 0.850. The molecule has 0 aliphatic heterocycles. The molecule has 0 aliphatic carbocycles. The first-order valence-corrected chi connectivity index (χ1v) is 8.13. The van der Waals surface area contributed by atoms with E-state index in [1.54, 1.807) is 0 Å². The van der Waals surface area contributed by atoms with Crippen LogP contribution in [0.2, 0.25) is 0 Å². The predicted molar refractivity (Wildman–Crippen MR) is 92.1 cm³/mol. The molecule has 21 heavy (non-hydrogen) atoms. The number of nitrogens with one attached hydrogen (secondary N) is 1. The van der Waals surface area contributed by atoms with E-state index < -0.39 is 0 Å². The third kappa shape index (κ3) is 4.58. The summed E-state index contributed by atoms with van der Waals surface area (Å²) in [6, 6.07) is 12.5. The van der Waals surface area contributed by atoms with Gasteiger partial charge < -0.3 is 10.1 Å². The normalized spacial score (nSPS) is 10.7. The van der Waals surface area contributed by atoms with Crippen LogP contribution >= 0.6 is 15.9 Å². The molecule has 112 valence electrons. The molecule has 0 aliphatic rings. The second-order valence-electron chi connectivity index (χ2n) is 5.31. The van der Waals surface area contributed by atoms with Crippen LogP contribution < -0.4 is 10.1 Å². The van der Waals surface area contributed by atoms with Gasteiger partial charge in [0.25, 0.3) is 0 Å². The van der Waals surface area contributed by atoms with E-state index in [2.05, 4.69) is 72.3 Å². The fraction of sp³-hybridized carbons (Fsp3) is 0.333. The Morgan fingerprint density at radius 1 is 1.05 bits per heavy atom. The molecule has 0 amide bonds. The van der Waals surface area contributed by atoms with Crippen LogP contribution in [0.5, 0.6) is 11.5 Å². The Bertz CT molecular complexity index is 610. The van der Waals surface area contributed by atoms with Crippen LogP contribution in [0.1, 0.15) is 30.0 Å². The number of benzene rings is 2. The third-order valence-electron chi connectivity index (χ3n) is 3.32. The number of aryl methyl sites for hydroxylation is 2. The van der Waals surface area contributed by atoms with Crippen LogP contribution in [-0.4, -0.2) is 6.54 Å². The summed E-state index contributed by atoms with van der Waals surface area (Å²) in [5.41, 5.74) is 3.59. The highest BCUT2D eigenvalue weighted by Gasteiger charge is 2.06. The summed E-state index contributed by atoms with van der Waals surface area (Å²) in [4.78, 5) is 0. The average molecular weight is 348 g/mol. The molecule has 2 aromatic carbocycles. The lowest BCUT2D eigenvalue weighted by molar-refractivity contribution is 0.475.